The number of H-pyrrole nitrogens is 3. The van der Waals surface area contributed by atoms with Crippen LogP contribution in [0.1, 0.15) is 146 Å². The number of carbonyl (C=O) groups excluding carboxylic acids is 17. The summed E-state index contributed by atoms with van der Waals surface area (Å²) in [5.41, 5.74) is 20.2. The maximum atomic E-state index is 15.8. The molecule has 6 heterocycles. The lowest BCUT2D eigenvalue weighted by Crippen LogP contribution is -2.60. The number of hydrogen-bond acceptors (Lipinski definition) is 24. The number of nitrogens with two attached hydrogens (primary N) is 3. The Morgan fingerprint density at radius 1 is 0.537 bits per heavy atom. The molecule has 0 unspecified atom stereocenters. The number of carboxylic acids is 2. The van der Waals surface area contributed by atoms with Crippen molar-refractivity contribution in [3.05, 3.63) is 120 Å². The molecule has 0 bridgehead atoms. The molecule has 3 aromatic heterocycles. The van der Waals surface area contributed by atoms with E-state index >= 15 is 38.4 Å². The summed E-state index contributed by atoms with van der Waals surface area (Å²) < 4.78 is 0. The summed E-state index contributed by atoms with van der Waals surface area (Å²) >= 11 is 0.700. The summed E-state index contributed by atoms with van der Waals surface area (Å²) in [5, 5.41) is 66.4. The highest BCUT2D eigenvalue weighted by Crippen LogP contribution is 2.30. The predicted molar refractivity (Wildman–Crippen MR) is 493 cm³/mol. The monoisotopic (exact) mass is 1910 g/mol. The smallest absolute Gasteiger partial charge is 0.303 e. The van der Waals surface area contributed by atoms with Crippen molar-refractivity contribution in [2.24, 2.45) is 23.1 Å². The summed E-state index contributed by atoms with van der Waals surface area (Å²) in [6.07, 6.45) is -0.418. The fourth-order valence-corrected chi connectivity index (χ4v) is 17.7. The highest BCUT2D eigenvalue weighted by Gasteiger charge is 2.47. The fourth-order valence-electron chi connectivity index (χ4n) is 16.9. The number of thioether (sulfide) groups is 1. The first-order valence-corrected chi connectivity index (χ1v) is 46.4. The van der Waals surface area contributed by atoms with Crippen molar-refractivity contribution in [3.8, 4) is 5.75 Å². The molecule has 3 aromatic carbocycles. The number of para-hydroxylation sites is 2. The van der Waals surface area contributed by atoms with Gasteiger partial charge in [0.1, 0.15) is 78.3 Å². The van der Waals surface area contributed by atoms with E-state index in [0.717, 1.165) is 24.5 Å². The van der Waals surface area contributed by atoms with E-state index in [1.54, 1.807) is 67.8 Å². The minimum Gasteiger partial charge on any atom is -0.508 e. The van der Waals surface area contributed by atoms with Gasteiger partial charge in [0.15, 0.2) is 5.78 Å². The Hall–Kier alpha value is -13.9. The molecule has 3 fully saturated rings. The van der Waals surface area contributed by atoms with Crippen LogP contribution in [0.3, 0.4) is 0 Å². The third-order valence-electron chi connectivity index (χ3n) is 24.5. The summed E-state index contributed by atoms with van der Waals surface area (Å²) in [6.45, 7) is 3.09. The van der Waals surface area contributed by atoms with E-state index in [-0.39, 0.29) is 82.3 Å². The maximum absolute atomic E-state index is 15.8. The van der Waals surface area contributed by atoms with Crippen LogP contribution >= 0.6 is 11.8 Å². The second-order valence-electron chi connectivity index (χ2n) is 34.4. The molecule has 16 amide bonds. The lowest BCUT2D eigenvalue weighted by Gasteiger charge is -2.36. The highest BCUT2D eigenvalue weighted by molar-refractivity contribution is 8.00. The van der Waals surface area contributed by atoms with Gasteiger partial charge in [-0.15, -0.1) is 11.8 Å². The Kier molecular flexibility index (Phi) is 39.3. The molecule has 44 nitrogen and oxygen atoms in total. The van der Waals surface area contributed by atoms with Gasteiger partial charge >= 0.3 is 11.9 Å². The number of hydrogen-bond donors (Lipinski definition) is 19. The van der Waals surface area contributed by atoms with Gasteiger partial charge in [0.2, 0.25) is 94.5 Å². The van der Waals surface area contributed by atoms with Crippen molar-refractivity contribution < 1.29 is 112 Å². The van der Waals surface area contributed by atoms with Gasteiger partial charge in [-0.2, -0.15) is 0 Å². The molecule has 3 saturated heterocycles. The minimum absolute atomic E-state index is 0.0353. The average molecular weight is 1910 g/mol. The number of phenolic OH excluding ortho intramolecular Hbond substituents is 1. The molecule has 3 aliphatic heterocycles. The Morgan fingerprint density at radius 2 is 1.08 bits per heavy atom. The third-order valence-corrected chi connectivity index (χ3v) is 25.5. The van der Waals surface area contributed by atoms with Gasteiger partial charge in [-0.25, -0.2) is 4.98 Å². The Balaban J connectivity index is 1.11. The number of primary amides is 2. The maximum Gasteiger partial charge on any atom is 0.303 e. The number of aliphatic hydroxyl groups is 1. The first-order valence-electron chi connectivity index (χ1n) is 45.2. The van der Waals surface area contributed by atoms with E-state index in [1.807, 2.05) is 6.92 Å². The lowest BCUT2D eigenvalue weighted by molar-refractivity contribution is -0.149. The average Bonchev–Trinajstić information content (AvgIpc) is 1.64. The number of rotatable bonds is 27. The van der Waals surface area contributed by atoms with Gasteiger partial charge in [0.25, 0.3) is 0 Å². The number of imidazole rings is 1. The van der Waals surface area contributed by atoms with Crippen LogP contribution in [0.5, 0.6) is 5.75 Å². The molecule has 736 valence electrons. The van der Waals surface area contributed by atoms with Gasteiger partial charge in [-0.05, 0) is 106 Å². The number of unbranched alkanes of at least 4 members (excludes halogenated alkanes) is 2. The zero-order chi connectivity index (χ0) is 99.3. The first-order chi connectivity index (χ1) is 64.8. The van der Waals surface area contributed by atoms with E-state index in [9.17, 15) is 73.2 Å². The lowest BCUT2D eigenvalue weighted by atomic mass is 9.90. The van der Waals surface area contributed by atoms with Crippen LogP contribution in [-0.4, -0.2) is 321 Å². The standard InChI is InChI=1S/C91H123N21O23S/c1-7-9-20-69-85(129)102-61(27-29-77(119)120)82(126)107-68(81(125)98-44-75(94)117)46-136-47-76(118)100-65(34-50-23-25-55(113)26-24-50)87(131)108(4)49(3)79(123)105-67(40-74(93)116)90(134)111-33-15-22-70(111)86(130)104-64(38-54-43-95-48-99-54)84(128)103-63(28-30-78(121)122)89(133)112-45-56(114)39-72(112)73(115)37-51(35-52-41-96-59-18-13-11-16-57(52)59)80(124)101-62(31-32-92)83(127)106-66(36-53-42-97-60-19-14-12-17-58(53)60)88(132)110(6)71(21-10-8-2)91(135)109(69)5/h11-14,16-19,23-26,41-43,48-49,51,56,61-72,96-97,113-114H,7-10,15,20-22,27-40,44-47,92H2,1-6H3,(H2,93,116)(H2,94,117)(H,95,99)(H,98,125)(H,100,118)(H,101,124)(H,102,129)(H,103,128)(H,104,130)(H,105,123)(H,106,127)(H,107,126)(H,119,120)(H,121,122)/t49-,51+,56+,61-,62-,63-,64-,65-,66-,67-,68-,69-,70-,71-,72-/m0/s1. The summed E-state index contributed by atoms with van der Waals surface area (Å²) in [6, 6.07) is -1.51. The number of nitrogens with zero attached hydrogens (tertiary/aromatic N) is 6. The number of benzene rings is 3. The SMILES string of the molecule is CCCC[C@H]1C(=O)N(C)[C@@H](CCCC)C(=O)N[C@@H](CCC(=O)O)C(=O)N[C@H](C(=O)NCC(N)=O)CSCC(=O)N[C@@H](Cc2ccc(O)cc2)C(=O)N(C)[C@@H](C)C(=O)N[C@@H](CC(N)=O)C(=O)N2CCC[C@H]2C(=O)N[C@@H](Cc2c[nH]cn2)C(=O)N[C@@H](CCC(=O)O)C(=O)N2C[C@H](O)C[C@H]2C(=O)C[C@@H](Cc2c[nH]c3ccccc23)C(=O)N[C@@H](CCN)C(=O)N[C@@H](Cc2c[nH]c3ccccc23)C(=O)N1C. The summed E-state index contributed by atoms with van der Waals surface area (Å²) in [4.78, 5) is 294. The second kappa shape index (κ2) is 50.5. The topological polar surface area (TPSA) is 668 Å². The molecule has 15 atom stereocenters. The van der Waals surface area contributed by atoms with Crippen molar-refractivity contribution in [1.82, 2.24) is 92.3 Å². The molecule has 3 aliphatic rings. The number of amides is 16. The quantitative estimate of drug-likeness (QED) is 0.0264. The van der Waals surface area contributed by atoms with Crippen LogP contribution in [0.25, 0.3) is 21.8 Å². The summed E-state index contributed by atoms with van der Waals surface area (Å²) in [5.74, 6) is -22.3. The summed E-state index contributed by atoms with van der Waals surface area (Å²) in [7, 11) is 3.81. The molecule has 0 radical (unpaired) electrons. The highest BCUT2D eigenvalue weighted by atomic mass is 32.2. The van der Waals surface area contributed by atoms with Crippen molar-refractivity contribution in [1.29, 1.82) is 0 Å². The first kappa shape index (κ1) is 106. The number of aliphatic carboxylic acids is 2. The number of likely N-dealkylation sites (N-methyl/N-ethyl adjacent to an activating group) is 3. The molecular weight excluding hydrogens is 1790 g/mol. The Bertz CT molecular complexity index is 5300. The molecule has 6 aromatic rings. The number of carboxylic acid groups (broad SMARTS) is 2. The van der Waals surface area contributed by atoms with Gasteiger partial charge in [0.05, 0.1) is 42.9 Å². The number of ketones is 1. The van der Waals surface area contributed by atoms with Crippen LogP contribution < -0.4 is 65.1 Å². The number of carbonyl (C=O) groups is 19. The van der Waals surface area contributed by atoms with E-state index in [0.29, 0.717) is 69.5 Å². The van der Waals surface area contributed by atoms with Gasteiger partial charge in [0, 0.05) is 131 Å². The Labute approximate surface area is 787 Å². The van der Waals surface area contributed by atoms with E-state index in [4.69, 9.17) is 17.2 Å². The van der Waals surface area contributed by atoms with E-state index < -0.39 is 279 Å². The predicted octanol–water partition coefficient (Wildman–Crippen LogP) is -2.06. The fraction of sp³-hybridized carbons (Fsp3) is 0.516. The largest absolute Gasteiger partial charge is 0.508 e. The molecular formula is C91H123N21O23S. The number of aromatic nitrogens is 4. The number of Topliss-reactive ketones (excluding diaryl/α,β-unsaturated/α-hetero) is 1. The molecule has 0 saturated carbocycles. The van der Waals surface area contributed by atoms with Gasteiger partial charge in [-0.1, -0.05) is 88.1 Å². The number of aliphatic hydroxyl groups excluding tert-OH is 1. The Morgan fingerprint density at radius 3 is 1.69 bits per heavy atom. The molecule has 45 heteroatoms. The number of aromatic hydroxyl groups is 1. The zero-order valence-electron chi connectivity index (χ0n) is 76.7. The minimum atomic E-state index is -1.83. The molecule has 0 spiro atoms. The van der Waals surface area contributed by atoms with Crippen molar-refractivity contribution in [2.75, 3.05) is 58.8 Å². The van der Waals surface area contributed by atoms with E-state index in [1.165, 1.54) is 64.9 Å². The number of aromatic amines is 3. The molecule has 136 heavy (non-hydrogen) atoms. The molecule has 0 aliphatic carbocycles. The zero-order valence-corrected chi connectivity index (χ0v) is 77.5. The molecule has 9 rings (SSSR count). The van der Waals surface area contributed by atoms with E-state index in [2.05, 4.69) is 67.8 Å². The second-order valence-corrected chi connectivity index (χ2v) is 35.4. The number of nitrogens with one attached hydrogen (secondary N) is 12. The van der Waals surface area contributed by atoms with Crippen molar-refractivity contribution in [3.63, 3.8) is 0 Å². The van der Waals surface area contributed by atoms with Crippen LogP contribution in [0.4, 0.5) is 0 Å². The van der Waals surface area contributed by atoms with Crippen molar-refractivity contribution in [2.45, 2.75) is 234 Å². The normalized spacial score (nSPS) is 24.7. The van der Waals surface area contributed by atoms with Crippen LogP contribution in [0.2, 0.25) is 0 Å². The number of phenols is 1. The van der Waals surface area contributed by atoms with Crippen LogP contribution in [-0.2, 0) is 117 Å². The third kappa shape index (κ3) is 29.3. The van der Waals surface area contributed by atoms with Crippen LogP contribution in [0.15, 0.2) is 97.7 Å². The van der Waals surface area contributed by atoms with Crippen LogP contribution in [0, 0.1) is 5.92 Å². The van der Waals surface area contributed by atoms with Gasteiger partial charge < -0.3 is 125 Å². The molecule has 22 N–H and O–H groups in total. The van der Waals surface area contributed by atoms with Gasteiger partial charge in [-0.3, -0.25) is 91.1 Å². The number of fused-ring (bicyclic) bond motifs is 4. The van der Waals surface area contributed by atoms with Crippen molar-refractivity contribution >= 4 is 146 Å².